The van der Waals surface area contributed by atoms with Crippen LogP contribution in [0.4, 0.5) is 0 Å². The standard InChI is InChI=1S/C16H15ClN2O2S/c1-19(13-7-5-9-14-8-4-6-12-18-14)22(20,21)16-11-3-2-10-15(16)17/h2-4,6,8,10-12H,5,9H2,1H3. The molecule has 4 nitrogen and oxygen atoms in total. The van der Waals surface area contributed by atoms with Gasteiger partial charge in [0.05, 0.1) is 5.02 Å². The van der Waals surface area contributed by atoms with Gasteiger partial charge in [-0.15, -0.1) is 0 Å². The van der Waals surface area contributed by atoms with Crippen LogP contribution >= 0.6 is 11.6 Å². The molecule has 0 aliphatic carbocycles. The van der Waals surface area contributed by atoms with E-state index in [0.717, 1.165) is 10.00 Å². The maximum Gasteiger partial charge on any atom is 0.272 e. The predicted octanol–water partition coefficient (Wildman–Crippen LogP) is 2.95. The molecule has 0 aliphatic heterocycles. The third-order valence-electron chi connectivity index (χ3n) is 2.94. The van der Waals surface area contributed by atoms with Crippen LogP contribution in [-0.4, -0.2) is 24.8 Å². The highest BCUT2D eigenvalue weighted by atomic mass is 35.5. The molecule has 0 atom stereocenters. The zero-order chi connectivity index (χ0) is 16.0. The monoisotopic (exact) mass is 334 g/mol. The van der Waals surface area contributed by atoms with E-state index < -0.39 is 10.0 Å². The van der Waals surface area contributed by atoms with Crippen molar-refractivity contribution in [3.63, 3.8) is 0 Å². The second kappa shape index (κ2) is 7.30. The van der Waals surface area contributed by atoms with Crippen LogP contribution in [0.2, 0.25) is 5.02 Å². The van der Waals surface area contributed by atoms with Crippen molar-refractivity contribution >= 4 is 21.6 Å². The molecular weight excluding hydrogens is 320 g/mol. The molecule has 0 spiro atoms. The maximum absolute atomic E-state index is 12.3. The number of hydrogen-bond donors (Lipinski definition) is 0. The summed E-state index contributed by atoms with van der Waals surface area (Å²) in [4.78, 5) is 4.24. The number of rotatable bonds is 4. The average Bonchev–Trinajstić information content (AvgIpc) is 2.52. The third-order valence-corrected chi connectivity index (χ3v) is 5.11. The van der Waals surface area contributed by atoms with E-state index >= 15 is 0 Å². The fraction of sp³-hybridized carbons (Fsp3) is 0.188. The van der Waals surface area contributed by atoms with Crippen LogP contribution in [0.1, 0.15) is 12.1 Å². The van der Waals surface area contributed by atoms with Crippen LogP contribution in [-0.2, 0) is 16.4 Å². The summed E-state index contributed by atoms with van der Waals surface area (Å²) in [5.41, 5.74) is 0.924. The van der Waals surface area contributed by atoms with Crippen molar-refractivity contribution < 1.29 is 8.42 Å². The molecule has 1 aromatic heterocycles. The van der Waals surface area contributed by atoms with Gasteiger partial charge in [0.2, 0.25) is 0 Å². The zero-order valence-corrected chi connectivity index (χ0v) is 13.6. The summed E-state index contributed by atoms with van der Waals surface area (Å²) >= 11 is 5.93. The zero-order valence-electron chi connectivity index (χ0n) is 12.0. The van der Waals surface area contributed by atoms with Gasteiger partial charge in [0.25, 0.3) is 10.0 Å². The normalized spacial score (nSPS) is 10.6. The Morgan fingerprint density at radius 3 is 2.59 bits per heavy atom. The molecule has 22 heavy (non-hydrogen) atoms. The number of aromatic nitrogens is 1. The first kappa shape index (κ1) is 16.3. The Labute approximate surface area is 135 Å². The van der Waals surface area contributed by atoms with Crippen molar-refractivity contribution in [1.29, 1.82) is 0 Å². The van der Waals surface area contributed by atoms with Gasteiger partial charge in [-0.2, -0.15) is 0 Å². The Morgan fingerprint density at radius 2 is 1.91 bits per heavy atom. The number of aryl methyl sites for hydroxylation is 1. The first-order valence-corrected chi connectivity index (χ1v) is 8.45. The molecule has 0 bridgehead atoms. The van der Waals surface area contributed by atoms with Crippen LogP contribution in [0.3, 0.4) is 0 Å². The van der Waals surface area contributed by atoms with Crippen molar-refractivity contribution in [2.24, 2.45) is 0 Å². The summed E-state index contributed by atoms with van der Waals surface area (Å²) in [5, 5.41) is 0.185. The molecule has 1 aromatic carbocycles. The lowest BCUT2D eigenvalue weighted by Gasteiger charge is -2.13. The lowest BCUT2D eigenvalue weighted by molar-refractivity contribution is 0.547. The SMILES string of the molecule is CN(C#CCCc1ccccn1)S(=O)(=O)c1ccccc1Cl. The van der Waals surface area contributed by atoms with E-state index in [2.05, 4.69) is 16.9 Å². The van der Waals surface area contributed by atoms with Crippen LogP contribution in [0.15, 0.2) is 53.6 Å². The Balaban J connectivity index is 2.05. The van der Waals surface area contributed by atoms with Gasteiger partial charge < -0.3 is 0 Å². The number of sulfonamides is 1. The second-order valence-corrected chi connectivity index (χ2v) is 6.86. The van der Waals surface area contributed by atoms with Gasteiger partial charge in [0.15, 0.2) is 0 Å². The molecule has 0 aliphatic rings. The van der Waals surface area contributed by atoms with E-state index in [0.29, 0.717) is 12.8 Å². The molecule has 0 saturated carbocycles. The number of nitrogens with zero attached hydrogens (tertiary/aromatic N) is 2. The fourth-order valence-corrected chi connectivity index (χ4v) is 3.24. The second-order valence-electron chi connectivity index (χ2n) is 4.51. The van der Waals surface area contributed by atoms with Crippen molar-refractivity contribution in [3.8, 4) is 12.0 Å². The van der Waals surface area contributed by atoms with Crippen molar-refractivity contribution in [2.75, 3.05) is 7.05 Å². The molecule has 0 fully saturated rings. The van der Waals surface area contributed by atoms with E-state index in [1.165, 1.54) is 19.2 Å². The molecule has 114 valence electrons. The van der Waals surface area contributed by atoms with E-state index in [1.807, 2.05) is 18.2 Å². The Bertz CT molecular complexity index is 796. The molecular formula is C16H15ClN2O2S. The molecule has 0 amide bonds. The summed E-state index contributed by atoms with van der Waals surface area (Å²) in [6.45, 7) is 0. The van der Waals surface area contributed by atoms with Gasteiger partial charge in [0.1, 0.15) is 4.90 Å². The molecule has 0 unspecified atom stereocenters. The summed E-state index contributed by atoms with van der Waals surface area (Å²) in [6, 6.07) is 14.6. The Hall–Kier alpha value is -2.03. The van der Waals surface area contributed by atoms with E-state index in [1.54, 1.807) is 18.3 Å². The molecule has 1 heterocycles. The summed E-state index contributed by atoms with van der Waals surface area (Å²) in [6.07, 6.45) is 2.92. The van der Waals surface area contributed by atoms with Gasteiger partial charge >= 0.3 is 0 Å². The lowest BCUT2D eigenvalue weighted by atomic mass is 10.2. The van der Waals surface area contributed by atoms with Gasteiger partial charge in [-0.05, 0) is 24.3 Å². The minimum Gasteiger partial charge on any atom is -0.261 e. The minimum absolute atomic E-state index is 0.0539. The lowest BCUT2D eigenvalue weighted by Crippen LogP contribution is -2.22. The van der Waals surface area contributed by atoms with Gasteiger partial charge in [-0.25, -0.2) is 12.7 Å². The van der Waals surface area contributed by atoms with E-state index in [4.69, 9.17) is 11.6 Å². The minimum atomic E-state index is -3.70. The first-order valence-electron chi connectivity index (χ1n) is 6.63. The van der Waals surface area contributed by atoms with Gasteiger partial charge in [-0.1, -0.05) is 35.7 Å². The summed E-state index contributed by atoms with van der Waals surface area (Å²) in [7, 11) is -2.29. The van der Waals surface area contributed by atoms with Crippen LogP contribution in [0.5, 0.6) is 0 Å². The molecule has 2 aromatic rings. The highest BCUT2D eigenvalue weighted by Gasteiger charge is 2.21. The first-order chi connectivity index (χ1) is 10.5. The van der Waals surface area contributed by atoms with Crippen molar-refractivity contribution in [3.05, 3.63) is 59.4 Å². The topological polar surface area (TPSA) is 50.3 Å². The van der Waals surface area contributed by atoms with E-state index in [-0.39, 0.29) is 9.92 Å². The quantitative estimate of drug-likeness (QED) is 0.638. The summed E-state index contributed by atoms with van der Waals surface area (Å²) in [5.74, 6) is 2.84. The molecule has 0 radical (unpaired) electrons. The highest BCUT2D eigenvalue weighted by molar-refractivity contribution is 7.89. The molecule has 0 N–H and O–H groups in total. The molecule has 2 rings (SSSR count). The Kier molecular flexibility index (Phi) is 5.42. The predicted molar refractivity (Wildman–Crippen MR) is 86.7 cm³/mol. The van der Waals surface area contributed by atoms with E-state index in [9.17, 15) is 8.42 Å². The average molecular weight is 335 g/mol. The van der Waals surface area contributed by atoms with Crippen LogP contribution in [0, 0.1) is 12.0 Å². The van der Waals surface area contributed by atoms with Crippen LogP contribution in [0.25, 0.3) is 0 Å². The number of halogens is 1. The number of benzene rings is 1. The molecule has 6 heteroatoms. The number of hydrogen-bond acceptors (Lipinski definition) is 3. The van der Waals surface area contributed by atoms with Crippen molar-refractivity contribution in [1.82, 2.24) is 9.29 Å². The maximum atomic E-state index is 12.3. The largest absolute Gasteiger partial charge is 0.272 e. The Morgan fingerprint density at radius 1 is 1.18 bits per heavy atom. The van der Waals surface area contributed by atoms with Gasteiger partial charge in [0, 0.05) is 37.8 Å². The van der Waals surface area contributed by atoms with Crippen molar-refractivity contribution in [2.45, 2.75) is 17.7 Å². The smallest absolute Gasteiger partial charge is 0.261 e. The fourth-order valence-electron chi connectivity index (χ4n) is 1.77. The van der Waals surface area contributed by atoms with Crippen LogP contribution < -0.4 is 0 Å². The number of pyridine rings is 1. The molecule has 0 saturated heterocycles. The van der Waals surface area contributed by atoms with Gasteiger partial charge in [-0.3, -0.25) is 4.98 Å². The highest BCUT2D eigenvalue weighted by Crippen LogP contribution is 2.22. The third kappa shape index (κ3) is 4.00. The summed E-state index contributed by atoms with van der Waals surface area (Å²) < 4.78 is 25.7.